The lowest BCUT2D eigenvalue weighted by Crippen LogP contribution is -2.20. The second-order valence-electron chi connectivity index (χ2n) is 3.41. The fourth-order valence-corrected chi connectivity index (χ4v) is 1.25. The van der Waals surface area contributed by atoms with Gasteiger partial charge in [0.2, 0.25) is 5.91 Å². The van der Waals surface area contributed by atoms with Crippen LogP contribution in [0.2, 0.25) is 0 Å². The van der Waals surface area contributed by atoms with Gasteiger partial charge in [-0.15, -0.1) is 0 Å². The van der Waals surface area contributed by atoms with Crippen LogP contribution < -0.4 is 10.6 Å². The number of hydrogen-bond donors (Lipinski definition) is 2. The standard InChI is InChI=1S/C13H13N3O2/c1-15-13(18)11-5-2-10(3-6-11)4-7-12(17)16-9-8-14/h2-7H,9H2,1H3,(H,15,18)(H,16,17)/b7-4+. The molecule has 0 aliphatic rings. The van der Waals surface area contributed by atoms with E-state index in [0.29, 0.717) is 5.56 Å². The fourth-order valence-electron chi connectivity index (χ4n) is 1.25. The predicted molar refractivity (Wildman–Crippen MR) is 67.5 cm³/mol. The molecule has 2 N–H and O–H groups in total. The van der Waals surface area contributed by atoms with Crippen LogP contribution in [0.15, 0.2) is 30.3 Å². The lowest BCUT2D eigenvalue weighted by atomic mass is 10.1. The van der Waals surface area contributed by atoms with Crippen molar-refractivity contribution in [1.29, 1.82) is 5.26 Å². The molecule has 92 valence electrons. The van der Waals surface area contributed by atoms with Crippen LogP contribution in [0.3, 0.4) is 0 Å². The highest BCUT2D eigenvalue weighted by atomic mass is 16.2. The molecular weight excluding hydrogens is 230 g/mol. The third kappa shape index (κ3) is 4.10. The summed E-state index contributed by atoms with van der Waals surface area (Å²) in [5.74, 6) is -0.482. The Labute approximate surface area is 105 Å². The molecule has 2 amide bonds. The van der Waals surface area contributed by atoms with Gasteiger partial charge in [0.25, 0.3) is 5.91 Å². The summed E-state index contributed by atoms with van der Waals surface area (Å²) in [5.41, 5.74) is 1.36. The third-order valence-corrected chi connectivity index (χ3v) is 2.17. The van der Waals surface area contributed by atoms with E-state index in [-0.39, 0.29) is 18.4 Å². The Balaban J connectivity index is 2.64. The van der Waals surface area contributed by atoms with Gasteiger partial charge in [-0.1, -0.05) is 12.1 Å². The minimum absolute atomic E-state index is 0.0151. The van der Waals surface area contributed by atoms with Crippen molar-refractivity contribution in [1.82, 2.24) is 10.6 Å². The molecule has 0 heterocycles. The average molecular weight is 243 g/mol. The first-order valence-corrected chi connectivity index (χ1v) is 5.32. The third-order valence-electron chi connectivity index (χ3n) is 2.17. The highest BCUT2D eigenvalue weighted by Gasteiger charge is 2.01. The smallest absolute Gasteiger partial charge is 0.251 e. The molecule has 0 bridgehead atoms. The van der Waals surface area contributed by atoms with Crippen LogP contribution >= 0.6 is 0 Å². The van der Waals surface area contributed by atoms with Gasteiger partial charge < -0.3 is 10.6 Å². The molecule has 1 aromatic rings. The van der Waals surface area contributed by atoms with E-state index in [1.807, 2.05) is 6.07 Å². The van der Waals surface area contributed by atoms with Crippen LogP contribution in [-0.2, 0) is 4.79 Å². The van der Waals surface area contributed by atoms with Crippen LogP contribution in [0.5, 0.6) is 0 Å². The monoisotopic (exact) mass is 243 g/mol. The maximum absolute atomic E-state index is 11.3. The summed E-state index contributed by atoms with van der Waals surface area (Å²) in [6, 6.07) is 8.63. The van der Waals surface area contributed by atoms with E-state index in [4.69, 9.17) is 5.26 Å². The number of carbonyl (C=O) groups excluding carboxylic acids is 2. The van der Waals surface area contributed by atoms with Gasteiger partial charge in [0.15, 0.2) is 0 Å². The van der Waals surface area contributed by atoms with E-state index in [0.717, 1.165) is 5.56 Å². The van der Waals surface area contributed by atoms with E-state index in [1.54, 1.807) is 37.4 Å². The van der Waals surface area contributed by atoms with Crippen molar-refractivity contribution in [3.05, 3.63) is 41.5 Å². The molecule has 5 nitrogen and oxygen atoms in total. The van der Waals surface area contributed by atoms with Crippen LogP contribution in [0, 0.1) is 11.3 Å². The molecule has 0 saturated carbocycles. The number of benzene rings is 1. The molecule has 1 rings (SSSR count). The summed E-state index contributed by atoms with van der Waals surface area (Å²) in [6.07, 6.45) is 2.95. The first kappa shape index (κ1) is 13.5. The molecule has 0 aliphatic heterocycles. The van der Waals surface area contributed by atoms with E-state index in [2.05, 4.69) is 10.6 Å². The highest BCUT2D eigenvalue weighted by molar-refractivity contribution is 5.94. The summed E-state index contributed by atoms with van der Waals surface area (Å²) in [5, 5.41) is 13.2. The summed E-state index contributed by atoms with van der Waals surface area (Å²) in [7, 11) is 1.57. The Hall–Kier alpha value is -2.61. The fraction of sp³-hybridized carbons (Fsp3) is 0.154. The van der Waals surface area contributed by atoms with Gasteiger partial charge in [-0.3, -0.25) is 9.59 Å². The second-order valence-corrected chi connectivity index (χ2v) is 3.41. The molecular formula is C13H13N3O2. The number of nitrogens with zero attached hydrogens (tertiary/aromatic N) is 1. The topological polar surface area (TPSA) is 82.0 Å². The number of carbonyl (C=O) groups is 2. The van der Waals surface area contributed by atoms with E-state index in [1.165, 1.54) is 6.08 Å². The lowest BCUT2D eigenvalue weighted by molar-refractivity contribution is -0.116. The minimum Gasteiger partial charge on any atom is -0.355 e. The maximum atomic E-state index is 11.3. The molecule has 1 aromatic carbocycles. The van der Waals surface area contributed by atoms with Crippen molar-refractivity contribution in [2.24, 2.45) is 0 Å². The molecule has 0 aromatic heterocycles. The predicted octanol–water partition coefficient (Wildman–Crippen LogP) is 0.699. The van der Waals surface area contributed by atoms with Crippen molar-refractivity contribution in [2.45, 2.75) is 0 Å². The van der Waals surface area contributed by atoms with Gasteiger partial charge in [-0.25, -0.2) is 0 Å². The Morgan fingerprint density at radius 3 is 2.56 bits per heavy atom. The van der Waals surface area contributed by atoms with Crippen molar-refractivity contribution < 1.29 is 9.59 Å². The van der Waals surface area contributed by atoms with Crippen LogP contribution in [0.1, 0.15) is 15.9 Å². The Morgan fingerprint density at radius 2 is 2.00 bits per heavy atom. The normalized spacial score (nSPS) is 9.78. The van der Waals surface area contributed by atoms with Gasteiger partial charge >= 0.3 is 0 Å². The summed E-state index contributed by atoms with van der Waals surface area (Å²) < 4.78 is 0. The first-order valence-electron chi connectivity index (χ1n) is 5.32. The molecule has 0 aliphatic carbocycles. The average Bonchev–Trinajstić information content (AvgIpc) is 2.42. The van der Waals surface area contributed by atoms with Crippen LogP contribution in [0.4, 0.5) is 0 Å². The van der Waals surface area contributed by atoms with Crippen LogP contribution in [-0.4, -0.2) is 25.4 Å². The molecule has 18 heavy (non-hydrogen) atoms. The molecule has 0 spiro atoms. The van der Waals surface area contributed by atoms with E-state index in [9.17, 15) is 9.59 Å². The molecule has 0 unspecified atom stereocenters. The van der Waals surface area contributed by atoms with Crippen molar-refractivity contribution in [3.63, 3.8) is 0 Å². The molecule has 0 atom stereocenters. The van der Waals surface area contributed by atoms with Crippen molar-refractivity contribution >= 4 is 17.9 Å². The summed E-state index contributed by atoms with van der Waals surface area (Å²) in [4.78, 5) is 22.5. The molecule has 0 radical (unpaired) electrons. The summed E-state index contributed by atoms with van der Waals surface area (Å²) in [6.45, 7) is -0.0151. The largest absolute Gasteiger partial charge is 0.355 e. The van der Waals surface area contributed by atoms with Crippen molar-refractivity contribution in [2.75, 3.05) is 13.6 Å². The number of nitriles is 1. The molecule has 0 fully saturated rings. The Morgan fingerprint density at radius 1 is 1.33 bits per heavy atom. The maximum Gasteiger partial charge on any atom is 0.251 e. The molecule has 0 saturated heterocycles. The van der Waals surface area contributed by atoms with Gasteiger partial charge in [-0.05, 0) is 23.8 Å². The van der Waals surface area contributed by atoms with Gasteiger partial charge in [0.05, 0.1) is 6.07 Å². The number of rotatable bonds is 4. The van der Waals surface area contributed by atoms with Gasteiger partial charge in [0.1, 0.15) is 6.54 Å². The van der Waals surface area contributed by atoms with Gasteiger partial charge in [0, 0.05) is 18.7 Å². The zero-order chi connectivity index (χ0) is 13.4. The lowest BCUT2D eigenvalue weighted by Gasteiger charge is -1.99. The van der Waals surface area contributed by atoms with E-state index >= 15 is 0 Å². The molecule has 5 heteroatoms. The van der Waals surface area contributed by atoms with E-state index < -0.39 is 0 Å². The number of hydrogen-bond acceptors (Lipinski definition) is 3. The second kappa shape index (κ2) is 6.86. The first-order chi connectivity index (χ1) is 8.67. The van der Waals surface area contributed by atoms with Crippen LogP contribution in [0.25, 0.3) is 6.08 Å². The number of nitrogens with one attached hydrogen (secondary N) is 2. The Bertz CT molecular complexity index is 498. The van der Waals surface area contributed by atoms with Crippen molar-refractivity contribution in [3.8, 4) is 6.07 Å². The highest BCUT2D eigenvalue weighted by Crippen LogP contribution is 2.06. The van der Waals surface area contributed by atoms with Gasteiger partial charge in [-0.2, -0.15) is 5.26 Å². The zero-order valence-corrected chi connectivity index (χ0v) is 9.93. The Kier molecular flexibility index (Phi) is 5.13. The number of amides is 2. The summed E-state index contributed by atoms with van der Waals surface area (Å²) >= 11 is 0. The SMILES string of the molecule is CNC(=O)c1ccc(/C=C/C(=O)NCC#N)cc1. The minimum atomic E-state index is -0.327. The quantitative estimate of drug-likeness (QED) is 0.603. The zero-order valence-electron chi connectivity index (χ0n) is 9.93.